The largest absolute Gasteiger partial charge is 0.379 e. The molecular formula is C11H16N2O2. The average Bonchev–Trinajstić information content (AvgIpc) is 2.78. The zero-order valence-corrected chi connectivity index (χ0v) is 8.98. The molecular weight excluding hydrogens is 192 g/mol. The van der Waals surface area contributed by atoms with E-state index in [0.717, 1.165) is 19.4 Å². The van der Waals surface area contributed by atoms with Gasteiger partial charge in [-0.25, -0.2) is 0 Å². The Morgan fingerprint density at radius 3 is 3.27 bits per heavy atom. The van der Waals surface area contributed by atoms with Gasteiger partial charge < -0.3 is 4.74 Å². The van der Waals surface area contributed by atoms with E-state index >= 15 is 0 Å². The lowest BCUT2D eigenvalue weighted by molar-refractivity contribution is 0.0549. The molecule has 2 rings (SSSR count). The number of nitrogens with zero attached hydrogens (tertiary/aromatic N) is 2. The van der Waals surface area contributed by atoms with Crippen LogP contribution in [-0.2, 0) is 4.74 Å². The molecule has 0 radical (unpaired) electrons. The van der Waals surface area contributed by atoms with Crippen LogP contribution in [-0.4, -0.2) is 28.8 Å². The molecule has 82 valence electrons. The van der Waals surface area contributed by atoms with Crippen molar-refractivity contribution < 1.29 is 9.53 Å². The van der Waals surface area contributed by atoms with Crippen molar-refractivity contribution in [3.63, 3.8) is 0 Å². The number of carbonyl (C=O) groups is 1. The molecule has 4 heteroatoms. The lowest BCUT2D eigenvalue weighted by atomic mass is 10.1. The van der Waals surface area contributed by atoms with E-state index in [-0.39, 0.29) is 5.78 Å². The van der Waals surface area contributed by atoms with Crippen LogP contribution >= 0.6 is 0 Å². The third-order valence-electron chi connectivity index (χ3n) is 2.75. The maximum atomic E-state index is 11.4. The van der Waals surface area contributed by atoms with E-state index in [1.165, 1.54) is 0 Å². The predicted molar refractivity (Wildman–Crippen MR) is 55.9 cm³/mol. The summed E-state index contributed by atoms with van der Waals surface area (Å²) in [7, 11) is 0. The molecule has 0 saturated carbocycles. The monoisotopic (exact) mass is 208 g/mol. The van der Waals surface area contributed by atoms with Crippen LogP contribution in [0.3, 0.4) is 0 Å². The van der Waals surface area contributed by atoms with E-state index < -0.39 is 0 Å². The Hall–Kier alpha value is -1.16. The Bertz CT molecular complexity index is 340. The first-order valence-electron chi connectivity index (χ1n) is 5.46. The van der Waals surface area contributed by atoms with Crippen molar-refractivity contribution in [1.29, 1.82) is 0 Å². The molecule has 0 bridgehead atoms. The molecule has 0 aromatic carbocycles. The van der Waals surface area contributed by atoms with E-state index in [1.54, 1.807) is 6.20 Å². The fraction of sp³-hybridized carbons (Fsp3) is 0.636. The van der Waals surface area contributed by atoms with Crippen molar-refractivity contribution in [2.24, 2.45) is 0 Å². The summed E-state index contributed by atoms with van der Waals surface area (Å²) in [6.07, 6.45) is 6.18. The second-order valence-electron chi connectivity index (χ2n) is 3.86. The van der Waals surface area contributed by atoms with Gasteiger partial charge >= 0.3 is 0 Å². The van der Waals surface area contributed by atoms with Gasteiger partial charge in [0, 0.05) is 19.2 Å². The van der Waals surface area contributed by atoms with Gasteiger partial charge in [0.25, 0.3) is 0 Å². The Morgan fingerprint density at radius 1 is 1.73 bits per heavy atom. The molecule has 2 heterocycles. The fourth-order valence-corrected chi connectivity index (χ4v) is 1.82. The van der Waals surface area contributed by atoms with Crippen LogP contribution in [0.1, 0.15) is 42.6 Å². The van der Waals surface area contributed by atoms with Crippen molar-refractivity contribution in [3.05, 3.63) is 18.0 Å². The van der Waals surface area contributed by atoms with Gasteiger partial charge in [-0.1, -0.05) is 6.92 Å². The fourth-order valence-electron chi connectivity index (χ4n) is 1.82. The molecule has 0 aliphatic carbocycles. The summed E-state index contributed by atoms with van der Waals surface area (Å²) in [6.45, 7) is 3.42. The summed E-state index contributed by atoms with van der Waals surface area (Å²) in [4.78, 5) is 11.4. The number of aromatic nitrogens is 2. The number of ketones is 1. The van der Waals surface area contributed by atoms with Crippen molar-refractivity contribution >= 4 is 5.78 Å². The summed E-state index contributed by atoms with van der Waals surface area (Å²) in [5, 5.41) is 4.22. The van der Waals surface area contributed by atoms with Crippen molar-refractivity contribution in [1.82, 2.24) is 9.78 Å². The Balaban J connectivity index is 2.08. The van der Waals surface area contributed by atoms with Crippen LogP contribution in [0.5, 0.6) is 0 Å². The number of ether oxygens (including phenoxy) is 1. The molecule has 1 fully saturated rings. The number of rotatable bonds is 3. The Kier molecular flexibility index (Phi) is 3.16. The van der Waals surface area contributed by atoms with Crippen molar-refractivity contribution in [2.45, 2.75) is 32.2 Å². The van der Waals surface area contributed by atoms with Crippen LogP contribution < -0.4 is 0 Å². The van der Waals surface area contributed by atoms with Gasteiger partial charge in [0.2, 0.25) is 0 Å². The van der Waals surface area contributed by atoms with E-state index in [2.05, 4.69) is 5.10 Å². The minimum atomic E-state index is 0.151. The predicted octanol–water partition coefficient (Wildman–Crippen LogP) is 1.83. The summed E-state index contributed by atoms with van der Waals surface area (Å²) < 4.78 is 7.25. The van der Waals surface area contributed by atoms with Crippen molar-refractivity contribution in [2.75, 3.05) is 13.2 Å². The highest BCUT2D eigenvalue weighted by atomic mass is 16.5. The molecule has 4 nitrogen and oxygen atoms in total. The topological polar surface area (TPSA) is 44.1 Å². The number of carbonyl (C=O) groups excluding carboxylic acids is 1. The quantitative estimate of drug-likeness (QED) is 0.712. The van der Waals surface area contributed by atoms with E-state index in [9.17, 15) is 4.79 Å². The standard InChI is InChI=1S/C11H16N2O2/c1-2-11(14)9-6-12-13(7-9)10-4-3-5-15-8-10/h6-7,10H,2-5,8H2,1H3. The van der Waals surface area contributed by atoms with Gasteiger partial charge in [0.1, 0.15) is 0 Å². The molecule has 0 N–H and O–H groups in total. The highest BCUT2D eigenvalue weighted by Crippen LogP contribution is 2.19. The van der Waals surface area contributed by atoms with Gasteiger partial charge in [-0.2, -0.15) is 5.10 Å². The van der Waals surface area contributed by atoms with Crippen LogP contribution in [0, 0.1) is 0 Å². The lowest BCUT2D eigenvalue weighted by Crippen LogP contribution is -2.21. The van der Waals surface area contributed by atoms with E-state index in [0.29, 0.717) is 24.6 Å². The maximum absolute atomic E-state index is 11.4. The average molecular weight is 208 g/mol. The zero-order chi connectivity index (χ0) is 10.7. The lowest BCUT2D eigenvalue weighted by Gasteiger charge is -2.22. The Morgan fingerprint density at radius 2 is 2.60 bits per heavy atom. The third kappa shape index (κ3) is 2.26. The van der Waals surface area contributed by atoms with Gasteiger partial charge in [-0.3, -0.25) is 9.48 Å². The van der Waals surface area contributed by atoms with Crippen LogP contribution in [0.4, 0.5) is 0 Å². The highest BCUT2D eigenvalue weighted by molar-refractivity contribution is 5.95. The SMILES string of the molecule is CCC(=O)c1cnn(C2CCCOC2)c1. The number of hydrogen-bond donors (Lipinski definition) is 0. The van der Waals surface area contributed by atoms with Gasteiger partial charge in [0.15, 0.2) is 5.78 Å². The molecule has 0 amide bonds. The summed E-state index contributed by atoms with van der Waals surface area (Å²) in [5.41, 5.74) is 0.711. The maximum Gasteiger partial charge on any atom is 0.165 e. The number of hydrogen-bond acceptors (Lipinski definition) is 3. The smallest absolute Gasteiger partial charge is 0.165 e. The molecule has 1 unspecified atom stereocenters. The minimum absolute atomic E-state index is 0.151. The molecule has 1 saturated heterocycles. The summed E-state index contributed by atoms with van der Waals surface area (Å²) in [6, 6.07) is 0.303. The first-order valence-corrected chi connectivity index (χ1v) is 5.46. The third-order valence-corrected chi connectivity index (χ3v) is 2.75. The molecule has 1 atom stereocenters. The molecule has 0 spiro atoms. The van der Waals surface area contributed by atoms with Crippen LogP contribution in [0.25, 0.3) is 0 Å². The second kappa shape index (κ2) is 4.57. The van der Waals surface area contributed by atoms with Crippen LogP contribution in [0.2, 0.25) is 0 Å². The zero-order valence-electron chi connectivity index (χ0n) is 8.98. The van der Waals surface area contributed by atoms with Gasteiger partial charge in [-0.15, -0.1) is 0 Å². The summed E-state index contributed by atoms with van der Waals surface area (Å²) in [5.74, 6) is 0.151. The second-order valence-corrected chi connectivity index (χ2v) is 3.86. The molecule has 15 heavy (non-hydrogen) atoms. The van der Waals surface area contributed by atoms with Crippen molar-refractivity contribution in [3.8, 4) is 0 Å². The van der Waals surface area contributed by atoms with E-state index in [4.69, 9.17) is 4.74 Å². The molecule has 1 aromatic rings. The van der Waals surface area contributed by atoms with E-state index in [1.807, 2.05) is 17.8 Å². The highest BCUT2D eigenvalue weighted by Gasteiger charge is 2.17. The Labute approximate surface area is 89.2 Å². The summed E-state index contributed by atoms with van der Waals surface area (Å²) >= 11 is 0. The van der Waals surface area contributed by atoms with Gasteiger partial charge in [0.05, 0.1) is 24.4 Å². The molecule has 1 aliphatic heterocycles. The van der Waals surface area contributed by atoms with Crippen LogP contribution in [0.15, 0.2) is 12.4 Å². The number of Topliss-reactive ketones (excluding diaryl/α,β-unsaturated/α-hetero) is 1. The minimum Gasteiger partial charge on any atom is -0.379 e. The first kappa shape index (κ1) is 10.4. The molecule has 1 aromatic heterocycles. The van der Waals surface area contributed by atoms with Gasteiger partial charge in [-0.05, 0) is 12.8 Å². The molecule has 1 aliphatic rings. The normalized spacial score (nSPS) is 21.5. The first-order chi connectivity index (χ1) is 7.31.